The van der Waals surface area contributed by atoms with Crippen LogP contribution in [0.3, 0.4) is 0 Å². The van der Waals surface area contributed by atoms with E-state index in [1.807, 2.05) is 0 Å². The Morgan fingerprint density at radius 3 is 3.14 bits per heavy atom. The van der Waals surface area contributed by atoms with E-state index in [1.165, 1.54) is 0 Å². The minimum Gasteiger partial charge on any atom is -0.481 e. The first-order valence-electron chi connectivity index (χ1n) is 4.10. The molecule has 0 saturated carbocycles. The summed E-state index contributed by atoms with van der Waals surface area (Å²) in [4.78, 5) is 14.5. The predicted octanol–water partition coefficient (Wildman–Crippen LogP) is 1.16. The Morgan fingerprint density at radius 2 is 2.43 bits per heavy atom. The first kappa shape index (κ1) is 8.68. The van der Waals surface area contributed by atoms with Crippen LogP contribution in [0.1, 0.15) is 11.4 Å². The zero-order chi connectivity index (χ0) is 10.1. The highest BCUT2D eigenvalue weighted by Crippen LogP contribution is 2.19. The van der Waals surface area contributed by atoms with Gasteiger partial charge in [0.05, 0.1) is 17.8 Å². The van der Waals surface area contributed by atoms with Crippen molar-refractivity contribution in [1.29, 1.82) is 0 Å². The molecule has 0 aliphatic carbocycles. The van der Waals surface area contributed by atoms with Gasteiger partial charge in [0, 0.05) is 11.6 Å². The molecule has 0 spiro atoms. The molecule has 0 aromatic carbocycles. The van der Waals surface area contributed by atoms with E-state index in [0.717, 1.165) is 11.1 Å². The number of carboxylic acid groups (broad SMARTS) is 1. The molecule has 14 heavy (non-hydrogen) atoms. The quantitative estimate of drug-likeness (QED) is 0.772. The Morgan fingerprint density at radius 1 is 1.64 bits per heavy atom. The zero-order valence-corrected chi connectivity index (χ0v) is 7.52. The van der Waals surface area contributed by atoms with Crippen LogP contribution in [-0.4, -0.2) is 21.2 Å². The Balaban J connectivity index is 2.59. The van der Waals surface area contributed by atoms with Crippen LogP contribution in [0.2, 0.25) is 0 Å². The van der Waals surface area contributed by atoms with Gasteiger partial charge >= 0.3 is 5.97 Å². The molecule has 0 aliphatic rings. The van der Waals surface area contributed by atoms with Gasteiger partial charge in [0.15, 0.2) is 5.58 Å². The Labute approximate surface area is 79.3 Å². The Hall–Kier alpha value is -1.91. The number of aryl methyl sites for hydroxylation is 1. The summed E-state index contributed by atoms with van der Waals surface area (Å²) in [5.74, 6) is -0.931. The van der Waals surface area contributed by atoms with Crippen LogP contribution in [0.4, 0.5) is 0 Å². The van der Waals surface area contributed by atoms with Crippen LogP contribution in [0.5, 0.6) is 0 Å². The Bertz CT molecular complexity index is 490. The second-order valence-electron chi connectivity index (χ2n) is 2.97. The molecule has 0 unspecified atom stereocenters. The van der Waals surface area contributed by atoms with Crippen LogP contribution in [0, 0.1) is 6.92 Å². The van der Waals surface area contributed by atoms with Gasteiger partial charge in [-0.05, 0) is 13.0 Å². The molecule has 2 rings (SSSR count). The van der Waals surface area contributed by atoms with Crippen molar-refractivity contribution in [3.63, 3.8) is 0 Å². The number of aromatic nitrogens is 2. The van der Waals surface area contributed by atoms with Crippen LogP contribution in [0.25, 0.3) is 11.0 Å². The van der Waals surface area contributed by atoms with E-state index in [0.29, 0.717) is 11.3 Å². The third-order valence-electron chi connectivity index (χ3n) is 1.96. The first-order chi connectivity index (χ1) is 6.68. The molecule has 5 heteroatoms. The lowest BCUT2D eigenvalue weighted by atomic mass is 10.2. The number of aliphatic carboxylic acids is 1. The molecule has 72 valence electrons. The average molecular weight is 192 g/mol. The number of carbonyl (C=O) groups is 1. The molecular formula is C9H8N2O3. The summed E-state index contributed by atoms with van der Waals surface area (Å²) in [5.41, 5.74) is 1.62. The fraction of sp³-hybridized carbons (Fsp3) is 0.222. The predicted molar refractivity (Wildman–Crippen MR) is 47.9 cm³/mol. The van der Waals surface area contributed by atoms with E-state index < -0.39 is 5.97 Å². The van der Waals surface area contributed by atoms with E-state index in [-0.39, 0.29) is 6.42 Å². The van der Waals surface area contributed by atoms with Gasteiger partial charge in [-0.2, -0.15) is 0 Å². The van der Waals surface area contributed by atoms with Crippen molar-refractivity contribution >= 4 is 16.9 Å². The molecule has 0 bridgehead atoms. The number of fused-ring (bicyclic) bond motifs is 1. The molecule has 5 nitrogen and oxygen atoms in total. The molecular weight excluding hydrogens is 184 g/mol. The Kier molecular flexibility index (Phi) is 1.92. The smallest absolute Gasteiger partial charge is 0.309 e. The maximum atomic E-state index is 10.5. The minimum absolute atomic E-state index is 0.147. The summed E-state index contributed by atoms with van der Waals surface area (Å²) in [6.07, 6.45) is 1.41. The topological polar surface area (TPSA) is 76.2 Å². The molecule has 0 radical (unpaired) electrons. The largest absolute Gasteiger partial charge is 0.481 e. The SMILES string of the molecule is Cc1noc2c(CC(=O)O)nccc12. The maximum Gasteiger partial charge on any atom is 0.309 e. The molecule has 1 N–H and O–H groups in total. The summed E-state index contributed by atoms with van der Waals surface area (Å²) >= 11 is 0. The molecule has 0 saturated heterocycles. The zero-order valence-electron chi connectivity index (χ0n) is 7.52. The van der Waals surface area contributed by atoms with Crippen molar-refractivity contribution in [2.45, 2.75) is 13.3 Å². The number of hydrogen-bond donors (Lipinski definition) is 1. The number of rotatable bonds is 2. The van der Waals surface area contributed by atoms with Crippen molar-refractivity contribution < 1.29 is 14.4 Å². The summed E-state index contributed by atoms with van der Waals surface area (Å²) in [7, 11) is 0. The molecule has 0 fully saturated rings. The average Bonchev–Trinajstić information content (AvgIpc) is 2.49. The third-order valence-corrected chi connectivity index (χ3v) is 1.96. The van der Waals surface area contributed by atoms with Crippen LogP contribution >= 0.6 is 0 Å². The summed E-state index contributed by atoms with van der Waals surface area (Å²) in [6.45, 7) is 1.80. The van der Waals surface area contributed by atoms with Gasteiger partial charge in [-0.3, -0.25) is 9.78 Å². The molecule has 0 atom stereocenters. The monoisotopic (exact) mass is 192 g/mol. The van der Waals surface area contributed by atoms with Gasteiger partial charge in [0.1, 0.15) is 0 Å². The fourth-order valence-corrected chi connectivity index (χ4v) is 1.31. The van der Waals surface area contributed by atoms with Gasteiger partial charge in [0.25, 0.3) is 0 Å². The van der Waals surface area contributed by atoms with Crippen LogP contribution < -0.4 is 0 Å². The summed E-state index contributed by atoms with van der Waals surface area (Å²) in [6, 6.07) is 1.76. The third kappa shape index (κ3) is 1.32. The number of pyridine rings is 1. The fourth-order valence-electron chi connectivity index (χ4n) is 1.31. The van der Waals surface area contributed by atoms with Crippen molar-refractivity contribution in [3.05, 3.63) is 23.7 Å². The first-order valence-corrected chi connectivity index (χ1v) is 4.10. The van der Waals surface area contributed by atoms with Crippen molar-refractivity contribution in [1.82, 2.24) is 10.1 Å². The molecule has 2 aromatic heterocycles. The van der Waals surface area contributed by atoms with E-state index in [1.54, 1.807) is 19.2 Å². The van der Waals surface area contributed by atoms with Gasteiger partial charge < -0.3 is 9.63 Å². The van der Waals surface area contributed by atoms with Crippen molar-refractivity contribution in [3.8, 4) is 0 Å². The maximum absolute atomic E-state index is 10.5. The molecule has 2 heterocycles. The number of hydrogen-bond acceptors (Lipinski definition) is 4. The van der Waals surface area contributed by atoms with Gasteiger partial charge in [-0.1, -0.05) is 5.16 Å². The van der Waals surface area contributed by atoms with E-state index >= 15 is 0 Å². The second-order valence-corrected chi connectivity index (χ2v) is 2.97. The van der Waals surface area contributed by atoms with E-state index in [4.69, 9.17) is 9.63 Å². The van der Waals surface area contributed by atoms with Crippen molar-refractivity contribution in [2.24, 2.45) is 0 Å². The van der Waals surface area contributed by atoms with E-state index in [2.05, 4.69) is 10.1 Å². The van der Waals surface area contributed by atoms with Gasteiger partial charge in [0.2, 0.25) is 0 Å². The van der Waals surface area contributed by atoms with Crippen molar-refractivity contribution in [2.75, 3.05) is 0 Å². The lowest BCUT2D eigenvalue weighted by molar-refractivity contribution is -0.136. The lowest BCUT2D eigenvalue weighted by Gasteiger charge is -1.95. The lowest BCUT2D eigenvalue weighted by Crippen LogP contribution is -2.02. The number of nitrogens with zero attached hydrogens (tertiary/aromatic N) is 2. The standard InChI is InChI=1S/C9H8N2O3/c1-5-6-2-3-10-7(4-8(12)13)9(6)14-11-5/h2-3H,4H2,1H3,(H,12,13). The van der Waals surface area contributed by atoms with Gasteiger partial charge in [-0.25, -0.2) is 0 Å². The van der Waals surface area contributed by atoms with Crippen LogP contribution in [-0.2, 0) is 11.2 Å². The summed E-state index contributed by atoms with van der Waals surface area (Å²) in [5, 5.41) is 13.2. The normalized spacial score (nSPS) is 10.6. The molecule has 2 aromatic rings. The molecule has 0 aliphatic heterocycles. The van der Waals surface area contributed by atoms with E-state index in [9.17, 15) is 4.79 Å². The summed E-state index contributed by atoms with van der Waals surface area (Å²) < 4.78 is 5.00. The highest BCUT2D eigenvalue weighted by Gasteiger charge is 2.12. The highest BCUT2D eigenvalue weighted by molar-refractivity contribution is 5.84. The highest BCUT2D eigenvalue weighted by atomic mass is 16.5. The second kappa shape index (κ2) is 3.10. The molecule has 0 amide bonds. The van der Waals surface area contributed by atoms with Crippen LogP contribution in [0.15, 0.2) is 16.8 Å². The number of carboxylic acids is 1. The van der Waals surface area contributed by atoms with Gasteiger partial charge in [-0.15, -0.1) is 0 Å². The minimum atomic E-state index is -0.931.